The Balaban J connectivity index is 0.00000729. The lowest BCUT2D eigenvalue weighted by atomic mass is 10.1. The number of guanidine groups is 1. The van der Waals surface area contributed by atoms with Gasteiger partial charge in [-0.3, -0.25) is 9.79 Å². The zero-order valence-electron chi connectivity index (χ0n) is 17.5. The highest BCUT2D eigenvalue weighted by atomic mass is 127. The normalized spacial score (nSPS) is 14.8. The Morgan fingerprint density at radius 3 is 2.39 bits per heavy atom. The van der Waals surface area contributed by atoms with Crippen molar-refractivity contribution in [1.82, 2.24) is 15.5 Å². The summed E-state index contributed by atoms with van der Waals surface area (Å²) in [7, 11) is 1.42. The van der Waals surface area contributed by atoms with Gasteiger partial charge in [0.25, 0.3) is 0 Å². The summed E-state index contributed by atoms with van der Waals surface area (Å²) < 4.78 is 9.69. The van der Waals surface area contributed by atoms with E-state index in [9.17, 15) is 9.59 Å². The maximum Gasteiger partial charge on any atom is 0.409 e. The molecule has 0 aromatic heterocycles. The van der Waals surface area contributed by atoms with Crippen molar-refractivity contribution in [3.63, 3.8) is 0 Å². The van der Waals surface area contributed by atoms with Gasteiger partial charge in [-0.25, -0.2) is 4.79 Å². The van der Waals surface area contributed by atoms with Gasteiger partial charge in [-0.05, 0) is 39.5 Å². The molecule has 1 fully saturated rings. The van der Waals surface area contributed by atoms with Crippen molar-refractivity contribution in [3.05, 3.63) is 0 Å². The highest BCUT2D eigenvalue weighted by molar-refractivity contribution is 14.0. The second kappa shape index (κ2) is 16.7. The van der Waals surface area contributed by atoms with Gasteiger partial charge in [0.15, 0.2) is 5.96 Å². The van der Waals surface area contributed by atoms with Crippen LogP contribution in [0.25, 0.3) is 0 Å². The lowest BCUT2D eigenvalue weighted by Crippen LogP contribution is -2.49. The number of unbranched alkanes of at least 4 members (excludes halogenated alkanes) is 3. The molecule has 1 heterocycles. The number of rotatable bonds is 10. The number of hydrogen-bond acceptors (Lipinski definition) is 5. The average Bonchev–Trinajstić information content (AvgIpc) is 2.67. The van der Waals surface area contributed by atoms with E-state index in [1.54, 1.807) is 4.90 Å². The molecule has 0 atom stereocenters. The van der Waals surface area contributed by atoms with Gasteiger partial charge in [0.05, 0.1) is 13.7 Å². The molecule has 2 N–H and O–H groups in total. The standard InChI is InChI=1S/C19H36N4O4.HI/c1-4-20-18(21-13-9-7-6-8-10-17(24)26-3)22-16-11-14-23(15-12-16)19(25)27-5-2;/h16H,4-15H2,1-3H3,(H2,20,21,22);1H. The first-order valence-corrected chi connectivity index (χ1v) is 10.1. The van der Waals surface area contributed by atoms with E-state index in [0.29, 0.717) is 32.2 Å². The van der Waals surface area contributed by atoms with Crippen molar-refractivity contribution in [2.45, 2.75) is 64.8 Å². The Hall–Kier alpha value is -1.26. The summed E-state index contributed by atoms with van der Waals surface area (Å²) in [6.45, 7) is 7.27. The molecule has 1 amide bonds. The van der Waals surface area contributed by atoms with Gasteiger partial charge >= 0.3 is 12.1 Å². The molecule has 9 heteroatoms. The molecule has 0 aromatic rings. The van der Waals surface area contributed by atoms with Crippen LogP contribution in [0.4, 0.5) is 4.79 Å². The summed E-state index contributed by atoms with van der Waals surface area (Å²) in [5.74, 6) is 0.697. The first kappa shape index (κ1) is 26.7. The molecule has 164 valence electrons. The van der Waals surface area contributed by atoms with E-state index < -0.39 is 0 Å². The molecule has 0 unspecified atom stereocenters. The van der Waals surface area contributed by atoms with Gasteiger partial charge in [0.1, 0.15) is 0 Å². The SMILES string of the molecule is CCNC(=NCCCCCCC(=O)OC)NC1CCN(C(=O)OCC)CC1.I. The van der Waals surface area contributed by atoms with E-state index in [4.69, 9.17) is 4.74 Å². The molecule has 1 aliphatic heterocycles. The van der Waals surface area contributed by atoms with Crippen LogP contribution < -0.4 is 10.6 Å². The van der Waals surface area contributed by atoms with Gasteiger partial charge in [0, 0.05) is 38.6 Å². The molecule has 0 saturated carbocycles. The first-order valence-electron chi connectivity index (χ1n) is 10.1. The van der Waals surface area contributed by atoms with Crippen molar-refractivity contribution in [1.29, 1.82) is 0 Å². The van der Waals surface area contributed by atoms with E-state index in [1.807, 2.05) is 13.8 Å². The third-order valence-electron chi connectivity index (χ3n) is 4.49. The highest BCUT2D eigenvalue weighted by Crippen LogP contribution is 2.11. The predicted octanol–water partition coefficient (Wildman–Crippen LogP) is 2.90. The fourth-order valence-corrected chi connectivity index (χ4v) is 2.96. The number of esters is 1. The number of halogens is 1. The number of aliphatic imine (C=N–C) groups is 1. The first-order chi connectivity index (χ1) is 13.1. The number of carbonyl (C=O) groups excluding carboxylic acids is 2. The topological polar surface area (TPSA) is 92.3 Å². The second-order valence-electron chi connectivity index (χ2n) is 6.61. The van der Waals surface area contributed by atoms with Crippen molar-refractivity contribution >= 4 is 42.0 Å². The predicted molar refractivity (Wildman–Crippen MR) is 121 cm³/mol. The number of hydrogen-bond donors (Lipinski definition) is 2. The van der Waals surface area contributed by atoms with E-state index in [1.165, 1.54) is 7.11 Å². The summed E-state index contributed by atoms with van der Waals surface area (Å²) in [6.07, 6.45) is 5.98. The molecule has 8 nitrogen and oxygen atoms in total. The number of amides is 1. The number of likely N-dealkylation sites (tertiary alicyclic amines) is 1. The van der Waals surface area contributed by atoms with Crippen molar-refractivity contribution in [3.8, 4) is 0 Å². The number of ether oxygens (including phenoxy) is 2. The zero-order valence-corrected chi connectivity index (χ0v) is 19.8. The number of piperidine rings is 1. The van der Waals surface area contributed by atoms with Gasteiger partial charge in [-0.1, -0.05) is 12.8 Å². The smallest absolute Gasteiger partial charge is 0.409 e. The fraction of sp³-hybridized carbons (Fsp3) is 0.842. The molecule has 0 radical (unpaired) electrons. The molecule has 28 heavy (non-hydrogen) atoms. The van der Waals surface area contributed by atoms with E-state index in [0.717, 1.165) is 57.6 Å². The van der Waals surface area contributed by atoms with Crippen molar-refractivity contribution < 1.29 is 19.1 Å². The number of carbonyl (C=O) groups is 2. The van der Waals surface area contributed by atoms with Crippen LogP contribution in [0.15, 0.2) is 4.99 Å². The highest BCUT2D eigenvalue weighted by Gasteiger charge is 2.23. The Morgan fingerprint density at radius 2 is 1.79 bits per heavy atom. The van der Waals surface area contributed by atoms with Crippen LogP contribution in [0.3, 0.4) is 0 Å². The average molecular weight is 512 g/mol. The Bertz CT molecular complexity index is 469. The van der Waals surface area contributed by atoms with Crippen LogP contribution in [-0.4, -0.2) is 68.9 Å². The van der Waals surface area contributed by atoms with Crippen molar-refractivity contribution in [2.24, 2.45) is 4.99 Å². The Morgan fingerprint density at radius 1 is 1.11 bits per heavy atom. The summed E-state index contributed by atoms with van der Waals surface area (Å²) in [4.78, 5) is 29.2. The molecular weight excluding hydrogens is 475 g/mol. The van der Waals surface area contributed by atoms with Crippen LogP contribution in [0.2, 0.25) is 0 Å². The molecule has 1 saturated heterocycles. The number of nitrogens with one attached hydrogen (secondary N) is 2. The lowest BCUT2D eigenvalue weighted by molar-refractivity contribution is -0.140. The maximum atomic E-state index is 11.8. The largest absolute Gasteiger partial charge is 0.469 e. The molecule has 0 aromatic carbocycles. The van der Waals surface area contributed by atoms with E-state index in [-0.39, 0.29) is 36.0 Å². The summed E-state index contributed by atoms with van der Waals surface area (Å²) >= 11 is 0. The molecule has 0 spiro atoms. The Kier molecular flexibility index (Phi) is 15.9. The third kappa shape index (κ3) is 11.6. The van der Waals surface area contributed by atoms with Crippen LogP contribution in [0, 0.1) is 0 Å². The molecule has 1 rings (SSSR count). The van der Waals surface area contributed by atoms with Crippen LogP contribution in [-0.2, 0) is 14.3 Å². The Labute approximate surface area is 186 Å². The van der Waals surface area contributed by atoms with Crippen LogP contribution in [0.5, 0.6) is 0 Å². The maximum absolute atomic E-state index is 11.8. The van der Waals surface area contributed by atoms with Gasteiger partial charge in [-0.2, -0.15) is 0 Å². The van der Waals surface area contributed by atoms with Crippen molar-refractivity contribution in [2.75, 3.05) is 39.9 Å². The molecule has 0 aliphatic carbocycles. The van der Waals surface area contributed by atoms with Gasteiger partial charge in [0.2, 0.25) is 0 Å². The quantitative estimate of drug-likeness (QED) is 0.154. The van der Waals surface area contributed by atoms with Gasteiger partial charge < -0.3 is 25.0 Å². The summed E-state index contributed by atoms with van der Waals surface area (Å²) in [5, 5.41) is 6.75. The molecular formula is C19H37IN4O4. The van der Waals surface area contributed by atoms with E-state index >= 15 is 0 Å². The number of nitrogens with zero attached hydrogens (tertiary/aromatic N) is 2. The summed E-state index contributed by atoms with van der Waals surface area (Å²) in [6, 6.07) is 0.313. The minimum absolute atomic E-state index is 0. The monoisotopic (exact) mass is 512 g/mol. The minimum atomic E-state index is -0.219. The zero-order chi connectivity index (χ0) is 19.9. The molecule has 0 bridgehead atoms. The van der Waals surface area contributed by atoms with E-state index in [2.05, 4.69) is 20.4 Å². The van der Waals surface area contributed by atoms with Crippen LogP contribution in [0.1, 0.15) is 58.8 Å². The lowest BCUT2D eigenvalue weighted by Gasteiger charge is -2.32. The van der Waals surface area contributed by atoms with Crippen LogP contribution >= 0.6 is 24.0 Å². The third-order valence-corrected chi connectivity index (χ3v) is 4.49. The second-order valence-corrected chi connectivity index (χ2v) is 6.61. The number of methoxy groups -OCH3 is 1. The minimum Gasteiger partial charge on any atom is -0.469 e. The van der Waals surface area contributed by atoms with Gasteiger partial charge in [-0.15, -0.1) is 24.0 Å². The summed E-state index contributed by atoms with van der Waals surface area (Å²) in [5.41, 5.74) is 0. The molecule has 1 aliphatic rings. The fourth-order valence-electron chi connectivity index (χ4n) is 2.96.